The van der Waals surface area contributed by atoms with E-state index in [0.717, 1.165) is 6.07 Å². The number of likely N-dealkylation sites (N-methyl/N-ethyl adjacent to an activating group) is 1. The molecule has 0 amide bonds. The van der Waals surface area contributed by atoms with Crippen molar-refractivity contribution in [2.45, 2.75) is 19.4 Å². The monoisotopic (exact) mass is 245 g/mol. The van der Waals surface area contributed by atoms with E-state index in [4.69, 9.17) is 4.74 Å². The van der Waals surface area contributed by atoms with Gasteiger partial charge in [0, 0.05) is 0 Å². The minimum Gasteiger partial charge on any atom is -0.488 e. The van der Waals surface area contributed by atoms with Gasteiger partial charge in [-0.1, -0.05) is 13.0 Å². The molecule has 0 aromatic heterocycles. The molecule has 3 nitrogen and oxygen atoms in total. The molecule has 1 atom stereocenters. The second-order valence-corrected chi connectivity index (χ2v) is 4.09. The number of nitrogens with one attached hydrogen (secondary N) is 1. The quantitative estimate of drug-likeness (QED) is 0.801. The van der Waals surface area contributed by atoms with Crippen LogP contribution in [-0.2, 0) is 0 Å². The molecule has 0 aliphatic rings. The molecule has 5 heteroatoms. The largest absolute Gasteiger partial charge is 0.488 e. The van der Waals surface area contributed by atoms with Gasteiger partial charge in [0.2, 0.25) is 5.82 Å². The summed E-state index contributed by atoms with van der Waals surface area (Å²) >= 11 is 0. The number of benzene rings is 1. The van der Waals surface area contributed by atoms with Crippen LogP contribution in [0.1, 0.15) is 13.8 Å². The van der Waals surface area contributed by atoms with Crippen LogP contribution in [0, 0.1) is 11.6 Å². The number of aliphatic hydroxyl groups is 1. The lowest BCUT2D eigenvalue weighted by molar-refractivity contribution is 0.114. The maximum Gasteiger partial charge on any atom is 0.200 e. The van der Waals surface area contributed by atoms with Crippen LogP contribution in [0.3, 0.4) is 0 Å². The molecule has 2 N–H and O–H groups in total. The lowest BCUT2D eigenvalue weighted by Crippen LogP contribution is -2.50. The van der Waals surface area contributed by atoms with E-state index >= 15 is 0 Å². The Morgan fingerprint density at radius 2 is 2.12 bits per heavy atom. The Bertz CT molecular complexity index is 374. The van der Waals surface area contributed by atoms with Gasteiger partial charge in [0.05, 0.1) is 12.1 Å². The average Bonchev–Trinajstić information content (AvgIpc) is 2.31. The summed E-state index contributed by atoms with van der Waals surface area (Å²) < 4.78 is 31.4. The maximum atomic E-state index is 13.3. The maximum absolute atomic E-state index is 13.3. The van der Waals surface area contributed by atoms with Crippen LogP contribution in [0.15, 0.2) is 18.2 Å². The normalized spacial score (nSPS) is 14.4. The molecular weight excluding hydrogens is 228 g/mol. The highest BCUT2D eigenvalue weighted by Gasteiger charge is 2.23. The number of hydrogen-bond donors (Lipinski definition) is 2. The lowest BCUT2D eigenvalue weighted by Gasteiger charge is -2.28. The van der Waals surface area contributed by atoms with Gasteiger partial charge in [-0.25, -0.2) is 4.39 Å². The molecule has 1 unspecified atom stereocenters. The van der Waals surface area contributed by atoms with Crippen molar-refractivity contribution in [1.82, 2.24) is 5.32 Å². The smallest absolute Gasteiger partial charge is 0.200 e. The fourth-order valence-corrected chi connectivity index (χ4v) is 1.41. The highest BCUT2D eigenvalue weighted by molar-refractivity contribution is 5.25. The number of ether oxygens (including phenoxy) is 1. The Morgan fingerprint density at radius 1 is 1.41 bits per heavy atom. The third-order valence-electron chi connectivity index (χ3n) is 2.41. The van der Waals surface area contributed by atoms with Gasteiger partial charge in [-0.05, 0) is 25.6 Å². The molecule has 0 heterocycles. The number of halogens is 2. The van der Waals surface area contributed by atoms with Crippen LogP contribution < -0.4 is 10.1 Å². The predicted molar refractivity (Wildman–Crippen MR) is 61.0 cm³/mol. The third kappa shape index (κ3) is 3.64. The van der Waals surface area contributed by atoms with Crippen molar-refractivity contribution in [3.8, 4) is 5.75 Å². The molecule has 0 bridgehead atoms. The van der Waals surface area contributed by atoms with E-state index in [2.05, 4.69) is 5.32 Å². The average molecular weight is 245 g/mol. The summed E-state index contributed by atoms with van der Waals surface area (Å²) in [6, 6.07) is 3.75. The van der Waals surface area contributed by atoms with Crippen molar-refractivity contribution in [3.63, 3.8) is 0 Å². The second kappa shape index (κ2) is 5.93. The molecule has 1 aromatic rings. The molecule has 0 saturated carbocycles. The van der Waals surface area contributed by atoms with Gasteiger partial charge in [0.15, 0.2) is 11.6 Å². The molecule has 0 aliphatic carbocycles. The standard InChI is InChI=1S/C12H17F2NO2/c1-3-15-12(2,7-16)8-17-10-6-4-5-9(13)11(10)14/h4-6,15-16H,3,7-8H2,1-2H3. The first-order chi connectivity index (χ1) is 8.02. The molecule has 1 rings (SSSR count). The number of rotatable bonds is 6. The summed E-state index contributed by atoms with van der Waals surface area (Å²) in [6.45, 7) is 4.17. The van der Waals surface area contributed by atoms with Crippen LogP contribution in [0.5, 0.6) is 5.75 Å². The summed E-state index contributed by atoms with van der Waals surface area (Å²) in [5.41, 5.74) is -0.673. The Hall–Kier alpha value is -1.20. The molecule has 0 saturated heterocycles. The number of hydrogen-bond acceptors (Lipinski definition) is 3. The Kier molecular flexibility index (Phi) is 4.84. The molecule has 17 heavy (non-hydrogen) atoms. The van der Waals surface area contributed by atoms with E-state index in [0.29, 0.717) is 6.54 Å². The molecule has 0 aliphatic heterocycles. The summed E-state index contributed by atoms with van der Waals surface area (Å²) in [7, 11) is 0. The van der Waals surface area contributed by atoms with Gasteiger partial charge in [-0.15, -0.1) is 0 Å². The van der Waals surface area contributed by atoms with Gasteiger partial charge in [0.1, 0.15) is 6.61 Å². The van der Waals surface area contributed by atoms with Gasteiger partial charge in [0.25, 0.3) is 0 Å². The van der Waals surface area contributed by atoms with Crippen molar-refractivity contribution >= 4 is 0 Å². The van der Waals surface area contributed by atoms with E-state index in [1.165, 1.54) is 12.1 Å². The summed E-state index contributed by atoms with van der Waals surface area (Å²) in [6.07, 6.45) is 0. The minimum absolute atomic E-state index is 0.0533. The third-order valence-corrected chi connectivity index (χ3v) is 2.41. The van der Waals surface area contributed by atoms with Crippen LogP contribution >= 0.6 is 0 Å². The summed E-state index contributed by atoms with van der Waals surface area (Å²) in [4.78, 5) is 0. The van der Waals surface area contributed by atoms with E-state index < -0.39 is 17.2 Å². The van der Waals surface area contributed by atoms with Gasteiger partial charge >= 0.3 is 0 Å². The first-order valence-corrected chi connectivity index (χ1v) is 5.45. The van der Waals surface area contributed by atoms with E-state index in [9.17, 15) is 13.9 Å². The van der Waals surface area contributed by atoms with Gasteiger partial charge in [-0.3, -0.25) is 0 Å². The first kappa shape index (κ1) is 13.9. The zero-order valence-electron chi connectivity index (χ0n) is 9.96. The van der Waals surface area contributed by atoms with Crippen LogP contribution in [-0.4, -0.2) is 30.4 Å². The molecule has 0 fully saturated rings. The second-order valence-electron chi connectivity index (χ2n) is 4.09. The molecular formula is C12H17F2NO2. The van der Waals surface area contributed by atoms with Crippen molar-refractivity contribution in [2.24, 2.45) is 0 Å². The van der Waals surface area contributed by atoms with E-state index in [-0.39, 0.29) is 19.0 Å². The van der Waals surface area contributed by atoms with Crippen molar-refractivity contribution in [1.29, 1.82) is 0 Å². The highest BCUT2D eigenvalue weighted by Crippen LogP contribution is 2.20. The minimum atomic E-state index is -1.01. The van der Waals surface area contributed by atoms with Crippen LogP contribution in [0.4, 0.5) is 8.78 Å². The van der Waals surface area contributed by atoms with Crippen molar-refractivity contribution < 1.29 is 18.6 Å². The molecule has 1 aromatic carbocycles. The van der Waals surface area contributed by atoms with Gasteiger partial charge in [-0.2, -0.15) is 4.39 Å². The van der Waals surface area contributed by atoms with Gasteiger partial charge < -0.3 is 15.2 Å². The highest BCUT2D eigenvalue weighted by atomic mass is 19.2. The summed E-state index contributed by atoms with van der Waals surface area (Å²) in [5, 5.41) is 12.2. The zero-order valence-corrected chi connectivity index (χ0v) is 9.96. The lowest BCUT2D eigenvalue weighted by atomic mass is 10.1. The number of aliphatic hydroxyl groups excluding tert-OH is 1. The Labute approximate surface area is 99.4 Å². The first-order valence-electron chi connectivity index (χ1n) is 5.45. The fraction of sp³-hybridized carbons (Fsp3) is 0.500. The van der Waals surface area contributed by atoms with E-state index in [1.807, 2.05) is 6.92 Å². The van der Waals surface area contributed by atoms with Crippen LogP contribution in [0.2, 0.25) is 0 Å². The predicted octanol–water partition coefficient (Wildman–Crippen LogP) is 1.70. The van der Waals surface area contributed by atoms with Crippen LogP contribution in [0.25, 0.3) is 0 Å². The van der Waals surface area contributed by atoms with E-state index in [1.54, 1.807) is 6.92 Å². The Morgan fingerprint density at radius 3 is 2.71 bits per heavy atom. The topological polar surface area (TPSA) is 41.5 Å². The fourth-order valence-electron chi connectivity index (χ4n) is 1.41. The molecule has 0 radical (unpaired) electrons. The zero-order chi connectivity index (χ0) is 12.9. The van der Waals surface area contributed by atoms with Crippen molar-refractivity contribution in [3.05, 3.63) is 29.8 Å². The summed E-state index contributed by atoms with van der Waals surface area (Å²) in [5.74, 6) is -2.11. The molecule has 0 spiro atoms. The van der Waals surface area contributed by atoms with Crippen molar-refractivity contribution in [2.75, 3.05) is 19.8 Å². The molecule has 96 valence electrons. The SMILES string of the molecule is CCNC(C)(CO)COc1cccc(F)c1F. The Balaban J connectivity index is 2.69.